The number of carbonyl (C=O) groups is 2. The molecule has 0 bridgehead atoms. The van der Waals surface area contributed by atoms with E-state index < -0.39 is 24.5 Å². The van der Waals surface area contributed by atoms with Crippen LogP contribution in [0.25, 0.3) is 0 Å². The van der Waals surface area contributed by atoms with Crippen molar-refractivity contribution in [3.8, 4) is 5.75 Å². The van der Waals surface area contributed by atoms with E-state index >= 15 is 0 Å². The lowest BCUT2D eigenvalue weighted by Crippen LogP contribution is -2.21. The van der Waals surface area contributed by atoms with Crippen LogP contribution in [0, 0.1) is 6.92 Å². The van der Waals surface area contributed by atoms with Crippen LogP contribution in [0.4, 0.5) is 5.82 Å². The fraction of sp³-hybridized carbons (Fsp3) is 0.235. The molecule has 0 radical (unpaired) electrons. The summed E-state index contributed by atoms with van der Waals surface area (Å²) < 4.78 is 10.6. The van der Waals surface area contributed by atoms with Gasteiger partial charge in [0.2, 0.25) is 0 Å². The monoisotopic (exact) mass is 341 g/mol. The van der Waals surface area contributed by atoms with Gasteiger partial charge in [0.1, 0.15) is 12.4 Å². The molecule has 0 amide bonds. The fourth-order valence-electron chi connectivity index (χ4n) is 3.29. The summed E-state index contributed by atoms with van der Waals surface area (Å²) >= 11 is 0. The standard InChI is InChI=1S/C17H15N3O5/c1-8-13-14(9-4-2-3-5-11(9)24-7-12(21)22)15-10(6-25-17(15)23)18-16(13)20-19-8/h2-5,14H,6-7H2,1H3,(H,21,22)(H2,18,19,20)/t14-/m1/s1. The number of para-hydroxylation sites is 1. The second-order valence-electron chi connectivity index (χ2n) is 5.86. The molecule has 2 aliphatic heterocycles. The number of nitrogens with one attached hydrogen (secondary N) is 2. The molecule has 3 N–H and O–H groups in total. The number of aryl methyl sites for hydroxylation is 1. The van der Waals surface area contributed by atoms with Gasteiger partial charge in [-0.05, 0) is 13.0 Å². The Morgan fingerprint density at radius 1 is 1.44 bits per heavy atom. The zero-order valence-corrected chi connectivity index (χ0v) is 13.3. The van der Waals surface area contributed by atoms with E-state index in [1.807, 2.05) is 19.1 Å². The molecule has 1 aromatic carbocycles. The van der Waals surface area contributed by atoms with Crippen molar-refractivity contribution >= 4 is 17.8 Å². The number of hydrogen-bond acceptors (Lipinski definition) is 6. The molecule has 2 aromatic rings. The van der Waals surface area contributed by atoms with Gasteiger partial charge in [-0.1, -0.05) is 18.2 Å². The summed E-state index contributed by atoms with van der Waals surface area (Å²) in [6.45, 7) is 1.57. The molecule has 4 rings (SSSR count). The molecule has 0 saturated carbocycles. The van der Waals surface area contributed by atoms with Gasteiger partial charge in [-0.15, -0.1) is 0 Å². The summed E-state index contributed by atoms with van der Waals surface area (Å²) in [4.78, 5) is 23.2. The first-order valence-corrected chi connectivity index (χ1v) is 7.72. The van der Waals surface area contributed by atoms with Crippen LogP contribution >= 0.6 is 0 Å². The van der Waals surface area contributed by atoms with Crippen molar-refractivity contribution in [3.63, 3.8) is 0 Å². The smallest absolute Gasteiger partial charge is 0.341 e. The van der Waals surface area contributed by atoms with E-state index in [9.17, 15) is 9.59 Å². The minimum absolute atomic E-state index is 0.161. The van der Waals surface area contributed by atoms with Gasteiger partial charge < -0.3 is 19.9 Å². The highest BCUT2D eigenvalue weighted by Gasteiger charge is 2.41. The number of carboxylic acid groups (broad SMARTS) is 1. The Morgan fingerprint density at radius 3 is 3.04 bits per heavy atom. The number of carboxylic acids is 1. The molecule has 2 aliphatic rings. The Morgan fingerprint density at radius 2 is 2.24 bits per heavy atom. The predicted molar refractivity (Wildman–Crippen MR) is 86.3 cm³/mol. The largest absolute Gasteiger partial charge is 0.482 e. The normalized spacial score (nSPS) is 18.3. The number of rotatable bonds is 4. The predicted octanol–water partition coefficient (Wildman–Crippen LogP) is 1.55. The highest BCUT2D eigenvalue weighted by Crippen LogP contribution is 2.47. The molecule has 8 heteroatoms. The van der Waals surface area contributed by atoms with E-state index in [1.165, 1.54) is 0 Å². The maximum absolute atomic E-state index is 12.3. The van der Waals surface area contributed by atoms with Crippen molar-refractivity contribution in [2.24, 2.45) is 0 Å². The number of anilines is 1. The van der Waals surface area contributed by atoms with Crippen molar-refractivity contribution in [1.82, 2.24) is 10.2 Å². The summed E-state index contributed by atoms with van der Waals surface area (Å²) in [6.07, 6.45) is 0. The van der Waals surface area contributed by atoms with Crippen molar-refractivity contribution in [1.29, 1.82) is 0 Å². The van der Waals surface area contributed by atoms with Gasteiger partial charge in [-0.2, -0.15) is 5.10 Å². The van der Waals surface area contributed by atoms with Crippen LogP contribution in [0.15, 0.2) is 35.5 Å². The highest BCUT2D eigenvalue weighted by molar-refractivity contribution is 5.97. The summed E-state index contributed by atoms with van der Waals surface area (Å²) in [5, 5.41) is 19.2. The summed E-state index contributed by atoms with van der Waals surface area (Å²) in [5.74, 6) is -0.861. The van der Waals surface area contributed by atoms with E-state index in [-0.39, 0.29) is 6.61 Å². The average Bonchev–Trinajstić information content (AvgIpc) is 3.15. The quantitative estimate of drug-likeness (QED) is 0.723. The Labute approximate surface area is 142 Å². The molecule has 0 aliphatic carbocycles. The summed E-state index contributed by atoms with van der Waals surface area (Å²) in [6, 6.07) is 7.09. The lowest BCUT2D eigenvalue weighted by atomic mass is 9.81. The molecular formula is C17H15N3O5. The number of fused-ring (bicyclic) bond motifs is 1. The van der Waals surface area contributed by atoms with Gasteiger partial charge >= 0.3 is 11.9 Å². The number of esters is 1. The number of nitrogens with zero attached hydrogens (tertiary/aromatic N) is 1. The first-order valence-electron chi connectivity index (χ1n) is 7.72. The molecule has 1 aromatic heterocycles. The van der Waals surface area contributed by atoms with E-state index in [2.05, 4.69) is 15.5 Å². The third kappa shape index (κ3) is 2.42. The van der Waals surface area contributed by atoms with Crippen LogP contribution in [0.3, 0.4) is 0 Å². The first-order chi connectivity index (χ1) is 12.1. The minimum Gasteiger partial charge on any atom is -0.482 e. The fourth-order valence-corrected chi connectivity index (χ4v) is 3.29. The second-order valence-corrected chi connectivity index (χ2v) is 5.86. The number of aromatic amines is 1. The lowest BCUT2D eigenvalue weighted by molar-refractivity contribution is -0.139. The van der Waals surface area contributed by atoms with Gasteiger partial charge in [0.15, 0.2) is 12.4 Å². The van der Waals surface area contributed by atoms with Crippen LogP contribution in [0.5, 0.6) is 5.75 Å². The zero-order valence-electron chi connectivity index (χ0n) is 13.3. The third-order valence-corrected chi connectivity index (χ3v) is 4.31. The van der Waals surface area contributed by atoms with Crippen LogP contribution in [0.2, 0.25) is 0 Å². The van der Waals surface area contributed by atoms with Crippen LogP contribution < -0.4 is 10.1 Å². The van der Waals surface area contributed by atoms with Crippen molar-refractivity contribution in [2.75, 3.05) is 18.5 Å². The van der Waals surface area contributed by atoms with Crippen LogP contribution in [-0.4, -0.2) is 40.5 Å². The average molecular weight is 341 g/mol. The van der Waals surface area contributed by atoms with E-state index in [0.29, 0.717) is 28.4 Å². The molecule has 128 valence electrons. The molecular weight excluding hydrogens is 326 g/mol. The van der Waals surface area contributed by atoms with E-state index in [1.54, 1.807) is 12.1 Å². The maximum atomic E-state index is 12.3. The first kappa shape index (κ1) is 15.3. The van der Waals surface area contributed by atoms with Gasteiger partial charge in [-0.25, -0.2) is 9.59 Å². The number of cyclic esters (lactones) is 1. The maximum Gasteiger partial charge on any atom is 0.341 e. The Kier molecular flexibility index (Phi) is 3.45. The lowest BCUT2D eigenvalue weighted by Gasteiger charge is -2.25. The number of benzene rings is 1. The molecule has 0 fully saturated rings. The van der Waals surface area contributed by atoms with Crippen molar-refractivity contribution in [2.45, 2.75) is 12.8 Å². The minimum atomic E-state index is -1.07. The third-order valence-electron chi connectivity index (χ3n) is 4.31. The van der Waals surface area contributed by atoms with E-state index in [4.69, 9.17) is 14.6 Å². The zero-order chi connectivity index (χ0) is 17.6. The highest BCUT2D eigenvalue weighted by atomic mass is 16.5. The van der Waals surface area contributed by atoms with Crippen molar-refractivity contribution in [3.05, 3.63) is 52.4 Å². The number of hydrogen-bond donors (Lipinski definition) is 3. The Bertz CT molecular complexity index is 915. The Hall–Kier alpha value is -3.29. The van der Waals surface area contributed by atoms with Gasteiger partial charge in [-0.3, -0.25) is 5.10 Å². The second kappa shape index (κ2) is 5.66. The molecule has 0 saturated heterocycles. The molecule has 1 atom stereocenters. The number of carbonyl (C=O) groups excluding carboxylic acids is 1. The summed E-state index contributed by atoms with van der Waals surface area (Å²) in [5.41, 5.74) is 3.50. The molecule has 3 heterocycles. The SMILES string of the molecule is Cc1[nH]nc2c1[C@@H](c1ccccc1OCC(=O)O)C1=C(COC1=O)N2. The molecule has 8 nitrogen and oxygen atoms in total. The number of H-pyrrole nitrogens is 1. The van der Waals surface area contributed by atoms with E-state index in [0.717, 1.165) is 11.3 Å². The topological polar surface area (TPSA) is 114 Å². The van der Waals surface area contributed by atoms with Gasteiger partial charge in [0.05, 0.1) is 17.2 Å². The molecule has 25 heavy (non-hydrogen) atoms. The van der Waals surface area contributed by atoms with Crippen molar-refractivity contribution < 1.29 is 24.2 Å². The van der Waals surface area contributed by atoms with Crippen LogP contribution in [-0.2, 0) is 14.3 Å². The van der Waals surface area contributed by atoms with Gasteiger partial charge in [0.25, 0.3) is 0 Å². The number of aliphatic carboxylic acids is 1. The molecule has 0 unspecified atom stereocenters. The molecule has 0 spiro atoms. The number of ether oxygens (including phenoxy) is 2. The van der Waals surface area contributed by atoms with Crippen LogP contribution in [0.1, 0.15) is 22.7 Å². The summed E-state index contributed by atoms with van der Waals surface area (Å²) in [7, 11) is 0. The Balaban J connectivity index is 1.87. The van der Waals surface area contributed by atoms with Gasteiger partial charge in [0, 0.05) is 16.8 Å². The number of aromatic nitrogens is 2.